The lowest BCUT2D eigenvalue weighted by Gasteiger charge is -2.31. The van der Waals surface area contributed by atoms with Crippen molar-refractivity contribution in [2.45, 2.75) is 51.0 Å². The van der Waals surface area contributed by atoms with Crippen LogP contribution in [0.1, 0.15) is 33.1 Å². The molecule has 0 spiro atoms. The number of hydrogen-bond acceptors (Lipinski definition) is 6. The summed E-state index contributed by atoms with van der Waals surface area (Å²) < 4.78 is 29.2. The lowest BCUT2D eigenvalue weighted by atomic mass is 9.79. The van der Waals surface area contributed by atoms with E-state index in [0.717, 1.165) is 13.0 Å². The molecule has 140 valence electrons. The summed E-state index contributed by atoms with van der Waals surface area (Å²) in [7, 11) is -4.85. The first-order valence-corrected chi connectivity index (χ1v) is 10.2. The number of rotatable bonds is 8. The van der Waals surface area contributed by atoms with E-state index in [2.05, 4.69) is 5.32 Å². The number of hydrogen-bond donors (Lipinski definition) is 4. The van der Waals surface area contributed by atoms with Gasteiger partial charge in [0.25, 0.3) is 10.2 Å². The number of nitrogens with zero attached hydrogens (tertiary/aromatic N) is 2. The van der Waals surface area contributed by atoms with E-state index in [1.165, 1.54) is 4.31 Å². The van der Waals surface area contributed by atoms with Crippen molar-refractivity contribution in [2.24, 2.45) is 11.7 Å². The van der Waals surface area contributed by atoms with Gasteiger partial charge in [-0.1, -0.05) is 13.3 Å². The topological polar surface area (TPSA) is 119 Å². The molecular weight excluding hydrogens is 331 g/mol. The average molecular weight is 362 g/mol. The first kappa shape index (κ1) is 20.1. The standard InChI is InChI=1S/C14H31BN4O4S/c1-3-19(13-6-8-17-9-13)24(22,23)18-10-12(14(2,16)11-18)5-4-7-15(20)21/h12-13,17,20-21H,3-11,16H2,1-2H3/t12-,13+,14-/m0/s1. The van der Waals surface area contributed by atoms with Crippen LogP contribution in [0, 0.1) is 5.92 Å². The predicted molar refractivity (Wildman–Crippen MR) is 94.5 cm³/mol. The summed E-state index contributed by atoms with van der Waals surface area (Å²) in [5, 5.41) is 21.2. The van der Waals surface area contributed by atoms with E-state index in [1.54, 1.807) is 4.31 Å². The average Bonchev–Trinajstić information content (AvgIpc) is 3.08. The molecular formula is C14H31BN4O4S. The van der Waals surface area contributed by atoms with E-state index in [-0.39, 0.29) is 18.3 Å². The summed E-state index contributed by atoms with van der Waals surface area (Å²) in [5.41, 5.74) is 5.76. The highest BCUT2D eigenvalue weighted by Crippen LogP contribution is 2.33. The Hall–Kier alpha value is -0.225. The molecule has 0 amide bonds. The van der Waals surface area contributed by atoms with Gasteiger partial charge in [-0.05, 0) is 38.5 Å². The monoisotopic (exact) mass is 362 g/mol. The van der Waals surface area contributed by atoms with Gasteiger partial charge in [0.1, 0.15) is 0 Å². The van der Waals surface area contributed by atoms with Crippen LogP contribution in [0.5, 0.6) is 0 Å². The van der Waals surface area contributed by atoms with Gasteiger partial charge >= 0.3 is 7.12 Å². The van der Waals surface area contributed by atoms with Crippen LogP contribution in [0.4, 0.5) is 0 Å². The molecule has 2 aliphatic heterocycles. The predicted octanol–water partition coefficient (Wildman–Crippen LogP) is -1.18. The highest BCUT2D eigenvalue weighted by molar-refractivity contribution is 7.86. The highest BCUT2D eigenvalue weighted by Gasteiger charge is 2.46. The van der Waals surface area contributed by atoms with Gasteiger partial charge in [0.05, 0.1) is 0 Å². The molecule has 0 aromatic rings. The Kier molecular flexibility index (Phi) is 6.68. The minimum atomic E-state index is -3.53. The van der Waals surface area contributed by atoms with E-state index in [9.17, 15) is 8.42 Å². The van der Waals surface area contributed by atoms with Gasteiger partial charge in [0, 0.05) is 37.8 Å². The van der Waals surface area contributed by atoms with Crippen LogP contribution in [-0.4, -0.2) is 78.5 Å². The zero-order chi connectivity index (χ0) is 18.0. The molecule has 0 aliphatic carbocycles. The fraction of sp³-hybridized carbons (Fsp3) is 1.00. The zero-order valence-electron chi connectivity index (χ0n) is 14.7. The quantitative estimate of drug-likeness (QED) is 0.404. The highest BCUT2D eigenvalue weighted by atomic mass is 32.2. The van der Waals surface area contributed by atoms with Crippen molar-refractivity contribution in [2.75, 3.05) is 32.7 Å². The van der Waals surface area contributed by atoms with Crippen LogP contribution in [0.2, 0.25) is 6.32 Å². The Bertz CT molecular complexity index is 511. The second kappa shape index (κ2) is 7.98. The molecule has 0 aromatic heterocycles. The van der Waals surface area contributed by atoms with Crippen molar-refractivity contribution in [3.8, 4) is 0 Å². The van der Waals surface area contributed by atoms with Crippen LogP contribution in [0.25, 0.3) is 0 Å². The molecule has 8 nitrogen and oxygen atoms in total. The fourth-order valence-electron chi connectivity index (χ4n) is 3.81. The molecule has 2 rings (SSSR count). The van der Waals surface area contributed by atoms with Crippen molar-refractivity contribution < 1.29 is 18.5 Å². The van der Waals surface area contributed by atoms with Gasteiger partial charge in [-0.3, -0.25) is 0 Å². The van der Waals surface area contributed by atoms with Crippen LogP contribution >= 0.6 is 0 Å². The van der Waals surface area contributed by atoms with Crippen molar-refractivity contribution in [3.05, 3.63) is 0 Å². The molecule has 0 aromatic carbocycles. The lowest BCUT2D eigenvalue weighted by Crippen LogP contribution is -2.50. The van der Waals surface area contributed by atoms with Crippen LogP contribution in [0.3, 0.4) is 0 Å². The number of likely N-dealkylation sites (N-methyl/N-ethyl adjacent to an activating group) is 1. The summed E-state index contributed by atoms with van der Waals surface area (Å²) in [6, 6.07) is 0.00705. The second-order valence-corrected chi connectivity index (χ2v) is 9.15. The smallest absolute Gasteiger partial charge is 0.427 e. The molecule has 10 heteroatoms. The van der Waals surface area contributed by atoms with Gasteiger partial charge in [0.15, 0.2) is 0 Å². The van der Waals surface area contributed by atoms with Gasteiger partial charge in [-0.25, -0.2) is 0 Å². The van der Waals surface area contributed by atoms with Gasteiger partial charge < -0.3 is 21.1 Å². The molecule has 2 aliphatic rings. The molecule has 2 fully saturated rings. The molecule has 0 unspecified atom stereocenters. The van der Waals surface area contributed by atoms with E-state index in [4.69, 9.17) is 15.8 Å². The van der Waals surface area contributed by atoms with Crippen LogP contribution in [0.15, 0.2) is 0 Å². The van der Waals surface area contributed by atoms with Crippen LogP contribution in [-0.2, 0) is 10.2 Å². The maximum absolute atomic E-state index is 13.1. The van der Waals surface area contributed by atoms with Gasteiger partial charge in [-0.15, -0.1) is 0 Å². The first-order valence-electron chi connectivity index (χ1n) is 8.81. The molecule has 0 radical (unpaired) electrons. The summed E-state index contributed by atoms with van der Waals surface area (Å²) in [4.78, 5) is 0. The third-order valence-electron chi connectivity index (χ3n) is 5.26. The van der Waals surface area contributed by atoms with Crippen molar-refractivity contribution in [3.63, 3.8) is 0 Å². The third-order valence-corrected chi connectivity index (χ3v) is 7.34. The first-order chi connectivity index (χ1) is 11.2. The minimum absolute atomic E-state index is 0.00705. The summed E-state index contributed by atoms with van der Waals surface area (Å²) >= 11 is 0. The van der Waals surface area contributed by atoms with E-state index < -0.39 is 22.9 Å². The molecule has 0 bridgehead atoms. The van der Waals surface area contributed by atoms with Crippen molar-refractivity contribution in [1.29, 1.82) is 0 Å². The molecule has 0 saturated carbocycles. The van der Waals surface area contributed by atoms with Gasteiger partial charge in [0.2, 0.25) is 0 Å². The summed E-state index contributed by atoms with van der Waals surface area (Å²) in [5.74, 6) is 0.0198. The normalized spacial score (nSPS) is 31.9. The Morgan fingerprint density at radius 3 is 2.71 bits per heavy atom. The minimum Gasteiger partial charge on any atom is -0.427 e. The maximum atomic E-state index is 13.1. The van der Waals surface area contributed by atoms with E-state index in [0.29, 0.717) is 39.0 Å². The SMILES string of the molecule is CCN([C@@H]1CCNC1)S(=O)(=O)N1C[C@H](CCCB(O)O)[C@@](C)(N)C1. The Balaban J connectivity index is 2.05. The Morgan fingerprint density at radius 1 is 1.46 bits per heavy atom. The van der Waals surface area contributed by atoms with Gasteiger partial charge in [-0.2, -0.15) is 17.0 Å². The summed E-state index contributed by atoms with van der Waals surface area (Å²) in [6.07, 6.45) is 2.42. The molecule has 24 heavy (non-hydrogen) atoms. The second-order valence-electron chi connectivity index (χ2n) is 7.26. The Morgan fingerprint density at radius 2 is 2.17 bits per heavy atom. The maximum Gasteiger partial charge on any atom is 0.451 e. The van der Waals surface area contributed by atoms with Crippen molar-refractivity contribution >= 4 is 17.3 Å². The molecule has 3 atom stereocenters. The molecule has 2 heterocycles. The van der Waals surface area contributed by atoms with Crippen molar-refractivity contribution in [1.82, 2.24) is 13.9 Å². The summed E-state index contributed by atoms with van der Waals surface area (Å²) in [6.45, 7) is 6.44. The molecule has 2 saturated heterocycles. The Labute approximate surface area is 145 Å². The number of nitrogens with two attached hydrogens (primary N) is 1. The third kappa shape index (κ3) is 4.49. The lowest BCUT2D eigenvalue weighted by molar-refractivity contribution is 0.310. The zero-order valence-corrected chi connectivity index (χ0v) is 15.5. The fourth-order valence-corrected chi connectivity index (χ4v) is 5.80. The van der Waals surface area contributed by atoms with E-state index in [1.807, 2.05) is 13.8 Å². The van der Waals surface area contributed by atoms with Crippen LogP contribution < -0.4 is 11.1 Å². The largest absolute Gasteiger partial charge is 0.451 e. The number of nitrogens with one attached hydrogen (secondary N) is 1. The van der Waals surface area contributed by atoms with E-state index >= 15 is 0 Å². The molecule has 5 N–H and O–H groups in total.